The topological polar surface area (TPSA) is 62.6 Å². The molecule has 0 saturated carbocycles. The van der Waals surface area contributed by atoms with Crippen LogP contribution < -0.4 is 0 Å². The Bertz CT molecular complexity index is 712. The quantitative estimate of drug-likeness (QED) is 0.794. The van der Waals surface area contributed by atoms with Gasteiger partial charge >= 0.3 is 6.09 Å². The molecule has 2 unspecified atom stereocenters. The van der Waals surface area contributed by atoms with Gasteiger partial charge in [-0.15, -0.1) is 0 Å². The zero-order valence-electron chi connectivity index (χ0n) is 14.3. The van der Waals surface area contributed by atoms with Crippen LogP contribution in [-0.2, 0) is 9.47 Å². The van der Waals surface area contributed by atoms with Crippen molar-refractivity contribution in [3.05, 3.63) is 41.5 Å². The van der Waals surface area contributed by atoms with E-state index in [-0.39, 0.29) is 18.2 Å². The van der Waals surface area contributed by atoms with Crippen LogP contribution in [0.4, 0.5) is 4.79 Å². The summed E-state index contributed by atoms with van der Waals surface area (Å²) in [7, 11) is 0. The van der Waals surface area contributed by atoms with Crippen LogP contribution in [0.5, 0.6) is 0 Å². The maximum atomic E-state index is 12.6. The van der Waals surface area contributed by atoms with Gasteiger partial charge in [-0.25, -0.2) is 4.79 Å². The van der Waals surface area contributed by atoms with Crippen LogP contribution in [0.15, 0.2) is 30.3 Å². The molecule has 1 saturated heterocycles. The van der Waals surface area contributed by atoms with Crippen molar-refractivity contribution in [1.29, 1.82) is 5.26 Å². The number of fused-ring (bicyclic) bond motifs is 2. The Labute approximate surface area is 142 Å². The molecule has 0 radical (unpaired) electrons. The van der Waals surface area contributed by atoms with Crippen LogP contribution in [0.2, 0.25) is 0 Å². The summed E-state index contributed by atoms with van der Waals surface area (Å²) in [4.78, 5) is 14.3. The van der Waals surface area contributed by atoms with E-state index in [1.807, 2.05) is 51.1 Å². The SMILES string of the molecule is CC(C)(C)OC(=O)N1C2C=C(c3ccccc3C#N)CC1COC2. The van der Waals surface area contributed by atoms with Crippen molar-refractivity contribution < 1.29 is 14.3 Å². The Morgan fingerprint density at radius 3 is 2.75 bits per heavy atom. The molecular formula is C19H22N2O3. The van der Waals surface area contributed by atoms with E-state index in [1.165, 1.54) is 0 Å². The zero-order valence-corrected chi connectivity index (χ0v) is 14.3. The molecule has 3 rings (SSSR count). The van der Waals surface area contributed by atoms with Crippen molar-refractivity contribution in [2.75, 3.05) is 13.2 Å². The zero-order chi connectivity index (χ0) is 17.3. The number of hydrogen-bond acceptors (Lipinski definition) is 4. The number of nitrogens with zero attached hydrogens (tertiary/aromatic N) is 2. The molecule has 2 aliphatic heterocycles. The highest BCUT2D eigenvalue weighted by Crippen LogP contribution is 2.34. The monoisotopic (exact) mass is 326 g/mol. The molecule has 24 heavy (non-hydrogen) atoms. The summed E-state index contributed by atoms with van der Waals surface area (Å²) in [6, 6.07) is 9.61. The molecule has 0 aromatic heterocycles. The van der Waals surface area contributed by atoms with Crippen molar-refractivity contribution in [2.24, 2.45) is 0 Å². The number of amides is 1. The summed E-state index contributed by atoms with van der Waals surface area (Å²) >= 11 is 0. The van der Waals surface area contributed by atoms with E-state index in [9.17, 15) is 10.1 Å². The molecule has 2 aliphatic rings. The third-order valence-electron chi connectivity index (χ3n) is 4.20. The van der Waals surface area contributed by atoms with Crippen LogP contribution in [0, 0.1) is 11.3 Å². The van der Waals surface area contributed by atoms with Crippen molar-refractivity contribution in [1.82, 2.24) is 4.90 Å². The van der Waals surface area contributed by atoms with Crippen LogP contribution in [0.25, 0.3) is 5.57 Å². The second-order valence-corrected chi connectivity index (χ2v) is 7.20. The van der Waals surface area contributed by atoms with Gasteiger partial charge in [0.25, 0.3) is 0 Å². The summed E-state index contributed by atoms with van der Waals surface area (Å²) in [6.07, 6.45) is 2.40. The molecular weight excluding hydrogens is 304 g/mol. The predicted octanol–water partition coefficient (Wildman–Crippen LogP) is 3.35. The minimum absolute atomic E-state index is 0.0645. The second-order valence-electron chi connectivity index (χ2n) is 7.20. The van der Waals surface area contributed by atoms with Gasteiger partial charge < -0.3 is 9.47 Å². The van der Waals surface area contributed by atoms with E-state index in [0.29, 0.717) is 25.2 Å². The summed E-state index contributed by atoms with van der Waals surface area (Å²) in [5, 5.41) is 9.33. The molecule has 5 nitrogen and oxygen atoms in total. The number of carbonyl (C=O) groups excluding carboxylic acids is 1. The van der Waals surface area contributed by atoms with E-state index >= 15 is 0 Å². The van der Waals surface area contributed by atoms with Gasteiger partial charge in [0.2, 0.25) is 0 Å². The molecule has 2 bridgehead atoms. The van der Waals surface area contributed by atoms with Gasteiger partial charge in [0.15, 0.2) is 0 Å². The van der Waals surface area contributed by atoms with Crippen LogP contribution >= 0.6 is 0 Å². The molecule has 1 aromatic rings. The Kier molecular flexibility index (Phi) is 4.33. The lowest BCUT2D eigenvalue weighted by Crippen LogP contribution is -2.57. The first kappa shape index (κ1) is 16.5. The summed E-state index contributed by atoms with van der Waals surface area (Å²) in [5.74, 6) is 0. The van der Waals surface area contributed by atoms with Crippen LogP contribution in [0.3, 0.4) is 0 Å². The van der Waals surface area contributed by atoms with Gasteiger partial charge in [0.1, 0.15) is 5.60 Å². The highest BCUT2D eigenvalue weighted by Gasteiger charge is 2.40. The fraction of sp³-hybridized carbons (Fsp3) is 0.474. The van der Waals surface area contributed by atoms with Gasteiger partial charge in [-0.1, -0.05) is 24.3 Å². The third kappa shape index (κ3) is 3.29. The van der Waals surface area contributed by atoms with Crippen molar-refractivity contribution in [2.45, 2.75) is 44.9 Å². The highest BCUT2D eigenvalue weighted by atomic mass is 16.6. The van der Waals surface area contributed by atoms with Gasteiger partial charge in [0.05, 0.1) is 36.9 Å². The standard InChI is InChI=1S/C19H22N2O3/c1-19(2,3)24-18(22)21-15-8-14(9-16(21)12-23-11-15)17-7-5-4-6-13(17)10-20/h4-8,15-16H,9,11-12H2,1-3H3. The van der Waals surface area contributed by atoms with E-state index in [2.05, 4.69) is 6.07 Å². The molecule has 2 atom stereocenters. The van der Waals surface area contributed by atoms with E-state index < -0.39 is 5.60 Å². The molecule has 0 aliphatic carbocycles. The summed E-state index contributed by atoms with van der Waals surface area (Å²) < 4.78 is 11.2. The van der Waals surface area contributed by atoms with Crippen molar-refractivity contribution >= 4 is 11.7 Å². The summed E-state index contributed by atoms with van der Waals surface area (Å²) in [6.45, 7) is 6.54. The molecule has 2 heterocycles. The molecule has 0 N–H and O–H groups in total. The number of benzene rings is 1. The number of hydrogen-bond donors (Lipinski definition) is 0. The Morgan fingerprint density at radius 2 is 2.08 bits per heavy atom. The molecule has 1 aromatic carbocycles. The maximum absolute atomic E-state index is 12.6. The average molecular weight is 326 g/mol. The fourth-order valence-electron chi connectivity index (χ4n) is 3.26. The minimum atomic E-state index is -0.524. The maximum Gasteiger partial charge on any atom is 0.411 e. The van der Waals surface area contributed by atoms with Crippen LogP contribution in [0.1, 0.15) is 38.3 Å². The summed E-state index contributed by atoms with van der Waals surface area (Å²) in [5.41, 5.74) is 2.18. The lowest BCUT2D eigenvalue weighted by Gasteiger charge is -2.44. The fourth-order valence-corrected chi connectivity index (χ4v) is 3.26. The number of ether oxygens (including phenoxy) is 2. The molecule has 5 heteroatoms. The first-order valence-corrected chi connectivity index (χ1v) is 8.18. The normalized spacial score (nSPS) is 23.2. The average Bonchev–Trinajstić information content (AvgIpc) is 2.52. The van der Waals surface area contributed by atoms with E-state index in [1.54, 1.807) is 4.90 Å². The smallest absolute Gasteiger partial charge is 0.411 e. The molecule has 0 spiro atoms. The predicted molar refractivity (Wildman–Crippen MR) is 90.2 cm³/mol. The third-order valence-corrected chi connectivity index (χ3v) is 4.20. The molecule has 1 fully saturated rings. The lowest BCUT2D eigenvalue weighted by atomic mass is 9.88. The largest absolute Gasteiger partial charge is 0.444 e. The van der Waals surface area contributed by atoms with Crippen molar-refractivity contribution in [3.8, 4) is 6.07 Å². The van der Waals surface area contributed by atoms with Crippen LogP contribution in [-0.4, -0.2) is 41.9 Å². The van der Waals surface area contributed by atoms with Crippen molar-refractivity contribution in [3.63, 3.8) is 0 Å². The van der Waals surface area contributed by atoms with Gasteiger partial charge in [-0.05, 0) is 44.4 Å². The Balaban J connectivity index is 1.91. The molecule has 126 valence electrons. The Morgan fingerprint density at radius 1 is 1.33 bits per heavy atom. The number of carbonyl (C=O) groups is 1. The van der Waals surface area contributed by atoms with Gasteiger partial charge in [0, 0.05) is 0 Å². The van der Waals surface area contributed by atoms with E-state index in [0.717, 1.165) is 11.1 Å². The van der Waals surface area contributed by atoms with E-state index in [4.69, 9.17) is 9.47 Å². The number of rotatable bonds is 1. The number of nitriles is 1. The van der Waals surface area contributed by atoms with Gasteiger partial charge in [-0.2, -0.15) is 5.26 Å². The molecule has 1 amide bonds. The Hall–Kier alpha value is -2.32. The first-order chi connectivity index (χ1) is 11.4. The number of morpholine rings is 1. The second kappa shape index (κ2) is 6.29. The highest BCUT2D eigenvalue weighted by molar-refractivity contribution is 5.76. The first-order valence-electron chi connectivity index (χ1n) is 8.18. The van der Waals surface area contributed by atoms with Gasteiger partial charge in [-0.3, -0.25) is 4.90 Å². The minimum Gasteiger partial charge on any atom is -0.444 e. The lowest BCUT2D eigenvalue weighted by molar-refractivity contribution is -0.0510.